The van der Waals surface area contributed by atoms with Gasteiger partial charge in [-0.25, -0.2) is 4.57 Å². The van der Waals surface area contributed by atoms with E-state index in [2.05, 4.69) is 32.7 Å². The summed E-state index contributed by atoms with van der Waals surface area (Å²) in [5.41, 5.74) is 1.36. The minimum absolute atomic E-state index is 0.195. The molecule has 1 aromatic heterocycles. The normalized spacial score (nSPS) is 49.5. The van der Waals surface area contributed by atoms with Gasteiger partial charge in [0.05, 0.1) is 31.0 Å². The topological polar surface area (TPSA) is 98.1 Å². The number of rotatable bonds is 7. The van der Waals surface area contributed by atoms with E-state index in [1.165, 1.54) is 25.7 Å². The van der Waals surface area contributed by atoms with Crippen molar-refractivity contribution >= 4 is 7.82 Å². The lowest BCUT2D eigenvalue weighted by atomic mass is 9.41. The van der Waals surface area contributed by atoms with E-state index < -0.39 is 7.82 Å². The maximum Gasteiger partial charge on any atom is 0.475 e. The fourth-order valence-electron chi connectivity index (χ4n) is 11.1. The molecule has 0 aromatic carbocycles. The molecule has 14 atom stereocenters. The maximum absolute atomic E-state index is 13.5. The zero-order valence-corrected chi connectivity index (χ0v) is 27.3. The van der Waals surface area contributed by atoms with Gasteiger partial charge in [-0.05, 0) is 128 Å². The second-order valence-electron chi connectivity index (χ2n) is 15.2. The van der Waals surface area contributed by atoms with Crippen molar-refractivity contribution in [3.8, 4) is 0 Å². The second kappa shape index (κ2) is 11.8. The Balaban J connectivity index is 1.12. The third-order valence-electron chi connectivity index (χ3n) is 13.2. The average Bonchev–Trinajstić information content (AvgIpc) is 3.31. The van der Waals surface area contributed by atoms with Crippen LogP contribution in [0.2, 0.25) is 0 Å². The number of phosphoric acid groups is 1. The highest BCUT2D eigenvalue weighted by Crippen LogP contribution is 2.69. The molecule has 8 heteroatoms. The van der Waals surface area contributed by atoms with Crippen molar-refractivity contribution in [3.05, 3.63) is 30.1 Å². The van der Waals surface area contributed by atoms with Crippen molar-refractivity contribution < 1.29 is 28.3 Å². The van der Waals surface area contributed by atoms with Crippen LogP contribution in [0.25, 0.3) is 0 Å². The van der Waals surface area contributed by atoms with Gasteiger partial charge in [0, 0.05) is 18.8 Å². The van der Waals surface area contributed by atoms with E-state index in [0.29, 0.717) is 48.5 Å². The van der Waals surface area contributed by atoms with E-state index in [0.717, 1.165) is 37.7 Å². The van der Waals surface area contributed by atoms with Crippen LogP contribution >= 0.6 is 7.82 Å². The minimum atomic E-state index is -3.66. The molecule has 0 amide bonds. The van der Waals surface area contributed by atoms with Crippen molar-refractivity contribution in [3.63, 3.8) is 0 Å². The zero-order chi connectivity index (χ0) is 29.9. The third kappa shape index (κ3) is 5.36. The van der Waals surface area contributed by atoms with Crippen LogP contribution in [0.5, 0.6) is 0 Å². The summed E-state index contributed by atoms with van der Waals surface area (Å²) in [5.74, 6) is 3.10. The maximum atomic E-state index is 13.5. The lowest BCUT2D eigenvalue weighted by molar-refractivity contribution is -0.203. The number of phosphoric ester groups is 1. The summed E-state index contributed by atoms with van der Waals surface area (Å²) >= 11 is 0. The fourth-order valence-corrected chi connectivity index (χ4v) is 12.7. The second-order valence-corrected chi connectivity index (χ2v) is 16.8. The first-order chi connectivity index (χ1) is 20.0. The molecular formula is C34H54NO6P. The van der Waals surface area contributed by atoms with E-state index in [9.17, 15) is 14.8 Å². The SMILES string of the molecule is CC[C@@H]1C2C[C@H](O)CC[C@]2(C)C2CC[C@@]3(C)C(CC[C@@H]3[C@H](C)CCOP3(=O)OC(C)C[C@H](c4ccncc4)O3)C2[C@@H]1O. The standard InChI is InChI=1S/C34H54NO6P/c1-6-25-29-20-24(36)9-14-34(29,5)28-10-15-33(4)26(7-8-27(33)31(28)32(25)37)21(2)13-18-39-42(38)40-22(3)19-30(41-42)23-11-16-35-17-12-23/h11-12,16-17,21-22,24-32,36-37H,6-10,13-15,18-20H2,1-5H3/t21-,22?,24-,25-,26-,27?,28?,29?,30-,31?,32-,33-,34-,42?/m1/s1. The van der Waals surface area contributed by atoms with Crippen LogP contribution in [0.1, 0.15) is 110 Å². The van der Waals surface area contributed by atoms with Crippen molar-refractivity contribution in [1.29, 1.82) is 0 Å². The van der Waals surface area contributed by atoms with Gasteiger partial charge in [-0.2, -0.15) is 0 Å². The Morgan fingerprint density at radius 2 is 1.74 bits per heavy atom. The number of hydrogen-bond acceptors (Lipinski definition) is 7. The molecular weight excluding hydrogens is 549 g/mol. The predicted molar refractivity (Wildman–Crippen MR) is 162 cm³/mol. The van der Waals surface area contributed by atoms with Crippen LogP contribution in [0.3, 0.4) is 0 Å². The number of nitrogens with zero attached hydrogens (tertiary/aromatic N) is 1. The summed E-state index contributed by atoms with van der Waals surface area (Å²) in [6, 6.07) is 3.79. The first kappa shape index (κ1) is 31.2. The summed E-state index contributed by atoms with van der Waals surface area (Å²) in [5, 5.41) is 22.5. The number of fused-ring (bicyclic) bond motifs is 5. The third-order valence-corrected chi connectivity index (χ3v) is 14.8. The van der Waals surface area contributed by atoms with Crippen LogP contribution in [0, 0.1) is 52.3 Å². The highest BCUT2D eigenvalue weighted by Gasteiger charge is 2.64. The molecule has 0 radical (unpaired) electrons. The monoisotopic (exact) mass is 603 g/mol. The van der Waals surface area contributed by atoms with Gasteiger partial charge >= 0.3 is 7.82 Å². The van der Waals surface area contributed by atoms with Gasteiger partial charge in [0.25, 0.3) is 0 Å². The number of hydrogen-bond donors (Lipinski definition) is 2. The van der Waals surface area contributed by atoms with E-state index in [4.69, 9.17) is 13.6 Å². The van der Waals surface area contributed by atoms with E-state index in [1.807, 2.05) is 19.1 Å². The molecule has 6 rings (SSSR count). The van der Waals surface area contributed by atoms with Crippen molar-refractivity contribution in [2.75, 3.05) is 6.61 Å². The first-order valence-electron chi connectivity index (χ1n) is 16.9. The fraction of sp³-hybridized carbons (Fsp3) is 0.853. The summed E-state index contributed by atoms with van der Waals surface area (Å²) in [4.78, 5) is 4.08. The molecule has 0 spiro atoms. The summed E-state index contributed by atoms with van der Waals surface area (Å²) in [7, 11) is -3.66. The highest BCUT2D eigenvalue weighted by molar-refractivity contribution is 7.48. The molecule has 5 aliphatic rings. The largest absolute Gasteiger partial charge is 0.475 e. The molecule has 4 aliphatic carbocycles. The Labute approximate surface area is 253 Å². The van der Waals surface area contributed by atoms with E-state index >= 15 is 0 Å². The van der Waals surface area contributed by atoms with Gasteiger partial charge in [0.1, 0.15) is 0 Å². The Morgan fingerprint density at radius 1 is 1.02 bits per heavy atom. The van der Waals surface area contributed by atoms with E-state index in [-0.39, 0.29) is 41.2 Å². The molecule has 6 unspecified atom stereocenters. The Kier molecular flexibility index (Phi) is 8.79. The quantitative estimate of drug-likeness (QED) is 0.308. The van der Waals surface area contributed by atoms with Gasteiger partial charge in [-0.15, -0.1) is 0 Å². The number of pyridine rings is 1. The predicted octanol–water partition coefficient (Wildman–Crippen LogP) is 7.73. The smallest absolute Gasteiger partial charge is 0.393 e. The van der Waals surface area contributed by atoms with Crippen molar-refractivity contribution in [2.24, 2.45) is 52.3 Å². The summed E-state index contributed by atoms with van der Waals surface area (Å²) in [6.45, 7) is 11.9. The number of aliphatic hydroxyl groups is 2. The van der Waals surface area contributed by atoms with Crippen LogP contribution in [-0.2, 0) is 18.1 Å². The Morgan fingerprint density at radius 3 is 2.48 bits per heavy atom. The van der Waals surface area contributed by atoms with Gasteiger partial charge in [0.15, 0.2) is 0 Å². The molecule has 1 aliphatic heterocycles. The summed E-state index contributed by atoms with van der Waals surface area (Å²) in [6.07, 6.45) is 12.5. The molecule has 4 saturated carbocycles. The van der Waals surface area contributed by atoms with Crippen molar-refractivity contribution in [1.82, 2.24) is 4.98 Å². The molecule has 7 nitrogen and oxygen atoms in total. The molecule has 5 fully saturated rings. The van der Waals surface area contributed by atoms with Gasteiger partial charge in [-0.3, -0.25) is 18.6 Å². The molecule has 2 heterocycles. The highest BCUT2D eigenvalue weighted by atomic mass is 31.2. The molecule has 236 valence electrons. The lowest BCUT2D eigenvalue weighted by Gasteiger charge is -2.64. The van der Waals surface area contributed by atoms with Crippen LogP contribution in [-0.4, -0.2) is 40.1 Å². The van der Waals surface area contributed by atoms with Crippen LogP contribution < -0.4 is 0 Å². The summed E-state index contributed by atoms with van der Waals surface area (Å²) < 4.78 is 31.1. The first-order valence-corrected chi connectivity index (χ1v) is 18.3. The average molecular weight is 604 g/mol. The number of aromatic nitrogens is 1. The Hall–Kier alpha value is -0.820. The molecule has 42 heavy (non-hydrogen) atoms. The van der Waals surface area contributed by atoms with Gasteiger partial charge in [-0.1, -0.05) is 34.1 Å². The van der Waals surface area contributed by atoms with Crippen LogP contribution in [0.15, 0.2) is 24.5 Å². The lowest BCUT2D eigenvalue weighted by Crippen LogP contribution is -2.62. The molecule has 1 saturated heterocycles. The molecule has 2 N–H and O–H groups in total. The zero-order valence-electron chi connectivity index (χ0n) is 26.4. The van der Waals surface area contributed by atoms with Crippen molar-refractivity contribution in [2.45, 2.75) is 123 Å². The van der Waals surface area contributed by atoms with Crippen LogP contribution in [0.4, 0.5) is 0 Å². The van der Waals surface area contributed by atoms with Gasteiger partial charge < -0.3 is 10.2 Å². The minimum Gasteiger partial charge on any atom is -0.393 e. The Bertz CT molecular complexity index is 1140. The molecule has 0 bridgehead atoms. The van der Waals surface area contributed by atoms with E-state index in [1.54, 1.807) is 12.4 Å². The van der Waals surface area contributed by atoms with Gasteiger partial charge in [0.2, 0.25) is 0 Å². The number of aliphatic hydroxyl groups excluding tert-OH is 2. The molecule has 1 aromatic rings.